The number of rotatable bonds is 3. The number of hydroxylamine groups is 1. The Kier molecular flexibility index (Phi) is 9.02. The summed E-state index contributed by atoms with van der Waals surface area (Å²) in [5, 5.41) is 11.1. The standard InChI is InChI=1S/C9H13N3O2S.C2H4O2/c1-13-10-9(11-14-2)12(15)8-6-4-3-5-7-8;1-2(3)4/h3-7,15H,1-2H3,(H,10,11);1H3,(H,3,4). The molecular formula is C11H17N3O4S. The maximum atomic E-state index is 9.00. The smallest absolute Gasteiger partial charge is 0.300 e. The van der Waals surface area contributed by atoms with E-state index >= 15 is 0 Å². The summed E-state index contributed by atoms with van der Waals surface area (Å²) >= 11 is 4.26. The molecule has 1 aromatic carbocycles. The number of carboxylic acids is 1. The van der Waals surface area contributed by atoms with Crippen LogP contribution in [0.4, 0.5) is 5.69 Å². The van der Waals surface area contributed by atoms with E-state index in [0.29, 0.717) is 5.96 Å². The maximum Gasteiger partial charge on any atom is 0.300 e. The molecule has 0 aliphatic heterocycles. The van der Waals surface area contributed by atoms with Crippen molar-refractivity contribution >= 4 is 30.4 Å². The minimum atomic E-state index is -0.833. The van der Waals surface area contributed by atoms with Gasteiger partial charge in [0.15, 0.2) is 0 Å². The lowest BCUT2D eigenvalue weighted by Crippen LogP contribution is -2.35. The molecule has 1 aromatic rings. The Morgan fingerprint density at radius 2 is 1.89 bits per heavy atom. The van der Waals surface area contributed by atoms with Crippen LogP contribution in [0.25, 0.3) is 0 Å². The van der Waals surface area contributed by atoms with E-state index in [2.05, 4.69) is 28.3 Å². The Morgan fingerprint density at radius 3 is 2.32 bits per heavy atom. The van der Waals surface area contributed by atoms with Gasteiger partial charge in [0.25, 0.3) is 11.9 Å². The maximum absolute atomic E-state index is 9.00. The number of hydrogen-bond acceptors (Lipinski definition) is 5. The molecule has 0 aliphatic carbocycles. The number of hydrogen-bond donors (Lipinski definition) is 3. The number of thiol groups is 1. The molecule has 0 saturated heterocycles. The second-order valence-electron chi connectivity index (χ2n) is 3.07. The minimum absolute atomic E-state index is 0.342. The van der Waals surface area contributed by atoms with Crippen LogP contribution < -0.4 is 9.79 Å². The number of oxime groups is 1. The Bertz CT molecular complexity index is 396. The first-order valence-electron chi connectivity index (χ1n) is 5.16. The van der Waals surface area contributed by atoms with E-state index in [-0.39, 0.29) is 0 Å². The number of nitrogens with zero attached hydrogens (tertiary/aromatic N) is 2. The molecule has 0 fully saturated rings. The van der Waals surface area contributed by atoms with Crippen molar-refractivity contribution in [3.63, 3.8) is 0 Å². The molecule has 0 bridgehead atoms. The van der Waals surface area contributed by atoms with E-state index in [1.165, 1.54) is 18.5 Å². The monoisotopic (exact) mass is 287 g/mol. The van der Waals surface area contributed by atoms with Crippen LogP contribution in [0.3, 0.4) is 0 Å². The zero-order valence-corrected chi connectivity index (χ0v) is 11.8. The van der Waals surface area contributed by atoms with Crippen LogP contribution in [0.2, 0.25) is 0 Å². The van der Waals surface area contributed by atoms with Crippen molar-refractivity contribution in [1.82, 2.24) is 5.48 Å². The highest BCUT2D eigenvalue weighted by molar-refractivity contribution is 7.82. The van der Waals surface area contributed by atoms with E-state index in [9.17, 15) is 0 Å². The summed E-state index contributed by atoms with van der Waals surface area (Å²) in [7, 11) is 2.93. The SMILES string of the molecule is CC(=O)O.CON=C(NOC)N(S)c1ccccc1. The molecule has 2 N–H and O–H groups in total. The fourth-order valence-electron chi connectivity index (χ4n) is 0.970. The highest BCUT2D eigenvalue weighted by Crippen LogP contribution is 2.15. The first-order chi connectivity index (χ1) is 9.02. The number of carboxylic acid groups (broad SMARTS) is 1. The van der Waals surface area contributed by atoms with Crippen LogP contribution in [0.15, 0.2) is 35.5 Å². The first-order valence-corrected chi connectivity index (χ1v) is 5.56. The van der Waals surface area contributed by atoms with Gasteiger partial charge < -0.3 is 9.94 Å². The summed E-state index contributed by atoms with van der Waals surface area (Å²) < 4.78 is 1.51. The van der Waals surface area contributed by atoms with Crippen molar-refractivity contribution in [2.24, 2.45) is 5.16 Å². The highest BCUT2D eigenvalue weighted by Gasteiger charge is 2.09. The van der Waals surface area contributed by atoms with Crippen LogP contribution in [-0.2, 0) is 14.5 Å². The van der Waals surface area contributed by atoms with E-state index < -0.39 is 5.97 Å². The molecular weight excluding hydrogens is 270 g/mol. The van der Waals surface area contributed by atoms with Gasteiger partial charge in [-0.3, -0.25) is 13.9 Å². The fourth-order valence-corrected chi connectivity index (χ4v) is 1.18. The molecule has 0 atom stereocenters. The van der Waals surface area contributed by atoms with Gasteiger partial charge in [0.05, 0.1) is 12.8 Å². The number of benzene rings is 1. The first kappa shape index (κ1) is 17.1. The van der Waals surface area contributed by atoms with Crippen LogP contribution >= 0.6 is 12.8 Å². The van der Waals surface area contributed by atoms with E-state index in [4.69, 9.17) is 14.7 Å². The summed E-state index contributed by atoms with van der Waals surface area (Å²) in [6.45, 7) is 1.08. The summed E-state index contributed by atoms with van der Waals surface area (Å²) in [5.74, 6) is -0.491. The summed E-state index contributed by atoms with van der Waals surface area (Å²) in [6, 6.07) is 9.48. The molecule has 7 nitrogen and oxygen atoms in total. The van der Waals surface area contributed by atoms with Gasteiger partial charge in [-0.05, 0) is 17.3 Å². The van der Waals surface area contributed by atoms with Crippen molar-refractivity contribution in [2.45, 2.75) is 6.92 Å². The van der Waals surface area contributed by atoms with Crippen LogP contribution in [0, 0.1) is 0 Å². The minimum Gasteiger partial charge on any atom is -0.481 e. The third-order valence-electron chi connectivity index (χ3n) is 1.57. The Hall–Kier alpha value is -1.93. The number of anilines is 1. The number of guanidine groups is 1. The molecule has 0 saturated carbocycles. The van der Waals surface area contributed by atoms with Crippen LogP contribution in [-0.4, -0.2) is 31.3 Å². The van der Waals surface area contributed by atoms with Gasteiger partial charge in [-0.15, -0.1) is 0 Å². The third kappa shape index (κ3) is 7.90. The molecule has 19 heavy (non-hydrogen) atoms. The molecule has 106 valence electrons. The molecule has 0 aliphatic rings. The summed E-state index contributed by atoms with van der Waals surface area (Å²) in [6.07, 6.45) is 0. The van der Waals surface area contributed by atoms with Crippen molar-refractivity contribution in [3.05, 3.63) is 30.3 Å². The van der Waals surface area contributed by atoms with Gasteiger partial charge in [-0.1, -0.05) is 31.0 Å². The van der Waals surface area contributed by atoms with Crippen LogP contribution in [0.1, 0.15) is 6.92 Å². The van der Waals surface area contributed by atoms with Crippen LogP contribution in [0.5, 0.6) is 0 Å². The van der Waals surface area contributed by atoms with Gasteiger partial charge in [0, 0.05) is 6.92 Å². The van der Waals surface area contributed by atoms with Gasteiger partial charge in [0.1, 0.15) is 7.11 Å². The average molecular weight is 287 g/mol. The summed E-state index contributed by atoms with van der Waals surface area (Å²) in [5.41, 5.74) is 3.40. The second-order valence-corrected chi connectivity index (χ2v) is 3.47. The van der Waals surface area contributed by atoms with E-state index in [0.717, 1.165) is 12.6 Å². The number of carbonyl (C=O) groups is 1. The van der Waals surface area contributed by atoms with Crippen molar-refractivity contribution in [2.75, 3.05) is 18.5 Å². The average Bonchev–Trinajstić information content (AvgIpc) is 2.38. The second kappa shape index (κ2) is 10.0. The zero-order valence-electron chi connectivity index (χ0n) is 10.9. The molecule has 0 unspecified atom stereocenters. The Labute approximate surface area is 117 Å². The van der Waals surface area contributed by atoms with E-state index in [1.54, 1.807) is 0 Å². The lowest BCUT2D eigenvalue weighted by atomic mass is 10.3. The molecule has 0 amide bonds. The van der Waals surface area contributed by atoms with Gasteiger partial charge >= 0.3 is 0 Å². The highest BCUT2D eigenvalue weighted by atomic mass is 32.1. The van der Waals surface area contributed by atoms with Gasteiger partial charge in [-0.2, -0.15) is 0 Å². The fraction of sp³-hybridized carbons (Fsp3) is 0.273. The van der Waals surface area contributed by atoms with Crippen molar-refractivity contribution < 1.29 is 19.6 Å². The largest absolute Gasteiger partial charge is 0.481 e. The Morgan fingerprint density at radius 1 is 1.37 bits per heavy atom. The topological polar surface area (TPSA) is 83.4 Å². The van der Waals surface area contributed by atoms with Crippen molar-refractivity contribution in [3.8, 4) is 0 Å². The van der Waals surface area contributed by atoms with Crippen molar-refractivity contribution in [1.29, 1.82) is 0 Å². The third-order valence-corrected chi connectivity index (χ3v) is 1.99. The number of nitrogens with one attached hydrogen (secondary N) is 1. The Balaban J connectivity index is 0.000000711. The molecule has 0 heterocycles. The molecule has 8 heteroatoms. The summed E-state index contributed by atoms with van der Waals surface area (Å²) in [4.78, 5) is 18.4. The molecule has 1 rings (SSSR count). The lowest BCUT2D eigenvalue weighted by Gasteiger charge is -2.18. The zero-order chi connectivity index (χ0) is 14.7. The van der Waals surface area contributed by atoms with E-state index in [1.807, 2.05) is 30.3 Å². The predicted octanol–water partition coefficient (Wildman–Crippen LogP) is 1.50. The molecule has 0 spiro atoms. The number of para-hydroxylation sites is 1. The lowest BCUT2D eigenvalue weighted by molar-refractivity contribution is -0.134. The molecule has 0 aromatic heterocycles. The van der Waals surface area contributed by atoms with Gasteiger partial charge in [0.2, 0.25) is 0 Å². The quantitative estimate of drug-likeness (QED) is 0.338. The van der Waals surface area contributed by atoms with Gasteiger partial charge in [-0.25, -0.2) is 5.48 Å². The normalized spacial score (nSPS) is 10.0. The predicted molar refractivity (Wildman–Crippen MR) is 75.8 cm³/mol. The number of aliphatic carboxylic acids is 1. The molecule has 0 radical (unpaired) electrons.